The van der Waals surface area contributed by atoms with Gasteiger partial charge in [-0.25, -0.2) is 0 Å². The predicted octanol–water partition coefficient (Wildman–Crippen LogP) is 2.90. The SMILES string of the molecule is CNC(C)c1cccc2cn(C(C)C)nc12. The van der Waals surface area contributed by atoms with Crippen molar-refractivity contribution in [2.45, 2.75) is 32.9 Å². The van der Waals surface area contributed by atoms with Gasteiger partial charge in [0, 0.05) is 23.7 Å². The molecule has 1 unspecified atom stereocenters. The van der Waals surface area contributed by atoms with Crippen LogP contribution in [0.1, 0.15) is 38.4 Å². The molecule has 1 heterocycles. The molecule has 86 valence electrons. The number of nitrogens with one attached hydrogen (secondary N) is 1. The van der Waals surface area contributed by atoms with E-state index in [4.69, 9.17) is 0 Å². The molecule has 3 heteroatoms. The molecule has 0 amide bonds. The number of rotatable bonds is 3. The van der Waals surface area contributed by atoms with Gasteiger partial charge in [0.25, 0.3) is 0 Å². The van der Waals surface area contributed by atoms with Crippen LogP contribution < -0.4 is 5.32 Å². The summed E-state index contributed by atoms with van der Waals surface area (Å²) in [6, 6.07) is 7.09. The Balaban J connectivity index is 2.58. The Kier molecular flexibility index (Phi) is 2.97. The van der Waals surface area contributed by atoms with Crippen LogP contribution in [0, 0.1) is 0 Å². The molecule has 0 spiro atoms. The Labute approximate surface area is 96.5 Å². The summed E-state index contributed by atoms with van der Waals surface area (Å²) in [6.45, 7) is 6.45. The first-order valence-electron chi connectivity index (χ1n) is 5.78. The van der Waals surface area contributed by atoms with Crippen molar-refractivity contribution in [3.8, 4) is 0 Å². The molecule has 1 N–H and O–H groups in total. The summed E-state index contributed by atoms with van der Waals surface area (Å²) in [5, 5.41) is 9.14. The number of fused-ring (bicyclic) bond motifs is 1. The minimum Gasteiger partial charge on any atom is -0.313 e. The molecular formula is C13H19N3. The maximum Gasteiger partial charge on any atom is 0.0971 e. The van der Waals surface area contributed by atoms with Crippen LogP contribution in [0.25, 0.3) is 10.9 Å². The summed E-state index contributed by atoms with van der Waals surface area (Å²) in [7, 11) is 1.98. The van der Waals surface area contributed by atoms with E-state index >= 15 is 0 Å². The summed E-state index contributed by atoms with van der Waals surface area (Å²) in [5.74, 6) is 0. The van der Waals surface area contributed by atoms with Crippen LogP contribution in [0.3, 0.4) is 0 Å². The third-order valence-corrected chi connectivity index (χ3v) is 3.01. The zero-order valence-corrected chi connectivity index (χ0v) is 10.4. The number of nitrogens with zero attached hydrogens (tertiary/aromatic N) is 2. The van der Waals surface area contributed by atoms with Crippen LogP contribution in [0.2, 0.25) is 0 Å². The first-order chi connectivity index (χ1) is 7.63. The standard InChI is InChI=1S/C13H19N3/c1-9(2)16-8-11-6-5-7-12(10(3)14-4)13(11)15-16/h5-10,14H,1-4H3. The van der Waals surface area contributed by atoms with Gasteiger partial charge in [0.05, 0.1) is 5.52 Å². The van der Waals surface area contributed by atoms with Gasteiger partial charge in [0.15, 0.2) is 0 Å². The molecule has 1 aromatic heterocycles. The Morgan fingerprint density at radius 2 is 2.00 bits per heavy atom. The van der Waals surface area contributed by atoms with Crippen molar-refractivity contribution in [2.75, 3.05) is 7.05 Å². The highest BCUT2D eigenvalue weighted by Gasteiger charge is 2.11. The highest BCUT2D eigenvalue weighted by atomic mass is 15.3. The predicted molar refractivity (Wildman–Crippen MR) is 67.6 cm³/mol. The quantitative estimate of drug-likeness (QED) is 0.856. The van der Waals surface area contributed by atoms with Crippen molar-refractivity contribution in [1.82, 2.24) is 15.1 Å². The lowest BCUT2D eigenvalue weighted by Crippen LogP contribution is -2.12. The molecule has 1 atom stereocenters. The van der Waals surface area contributed by atoms with Gasteiger partial charge in [-0.1, -0.05) is 18.2 Å². The summed E-state index contributed by atoms with van der Waals surface area (Å²) in [4.78, 5) is 0. The van der Waals surface area contributed by atoms with Crippen molar-refractivity contribution in [2.24, 2.45) is 0 Å². The number of aromatic nitrogens is 2. The van der Waals surface area contributed by atoms with Gasteiger partial charge in [-0.15, -0.1) is 0 Å². The van der Waals surface area contributed by atoms with Crippen LogP contribution in [0.5, 0.6) is 0 Å². The van der Waals surface area contributed by atoms with Crippen molar-refractivity contribution in [3.05, 3.63) is 30.0 Å². The first-order valence-corrected chi connectivity index (χ1v) is 5.78. The van der Waals surface area contributed by atoms with Gasteiger partial charge < -0.3 is 5.32 Å². The molecule has 0 fully saturated rings. The molecular weight excluding hydrogens is 198 g/mol. The zero-order chi connectivity index (χ0) is 11.7. The second-order valence-corrected chi connectivity index (χ2v) is 4.50. The normalized spacial score (nSPS) is 13.6. The third kappa shape index (κ3) is 1.83. The Morgan fingerprint density at radius 3 is 2.62 bits per heavy atom. The summed E-state index contributed by atoms with van der Waals surface area (Å²) in [5.41, 5.74) is 2.37. The van der Waals surface area contributed by atoms with Gasteiger partial charge in [-0.2, -0.15) is 5.10 Å². The van der Waals surface area contributed by atoms with E-state index in [2.05, 4.69) is 55.6 Å². The van der Waals surface area contributed by atoms with Crippen LogP contribution in [-0.2, 0) is 0 Å². The monoisotopic (exact) mass is 217 g/mol. The van der Waals surface area contributed by atoms with E-state index < -0.39 is 0 Å². The van der Waals surface area contributed by atoms with Crippen LogP contribution in [0.4, 0.5) is 0 Å². The fourth-order valence-corrected chi connectivity index (χ4v) is 1.86. The summed E-state index contributed by atoms with van der Waals surface area (Å²) < 4.78 is 2.02. The van der Waals surface area contributed by atoms with Gasteiger partial charge in [-0.05, 0) is 33.4 Å². The first kappa shape index (κ1) is 11.1. The molecule has 0 aliphatic heterocycles. The molecule has 3 nitrogen and oxygen atoms in total. The minimum atomic E-state index is 0.333. The lowest BCUT2D eigenvalue weighted by atomic mass is 10.1. The number of hydrogen-bond acceptors (Lipinski definition) is 2. The van der Waals surface area contributed by atoms with Crippen molar-refractivity contribution < 1.29 is 0 Å². The molecule has 1 aromatic carbocycles. The fourth-order valence-electron chi connectivity index (χ4n) is 1.86. The Morgan fingerprint density at radius 1 is 1.25 bits per heavy atom. The average Bonchev–Trinajstić information content (AvgIpc) is 2.71. The zero-order valence-electron chi connectivity index (χ0n) is 10.4. The van der Waals surface area contributed by atoms with Crippen LogP contribution >= 0.6 is 0 Å². The minimum absolute atomic E-state index is 0.333. The highest BCUT2D eigenvalue weighted by molar-refractivity contribution is 5.81. The molecule has 0 aliphatic carbocycles. The lowest BCUT2D eigenvalue weighted by Gasteiger charge is -2.10. The lowest BCUT2D eigenvalue weighted by molar-refractivity contribution is 0.536. The topological polar surface area (TPSA) is 29.9 Å². The van der Waals surface area contributed by atoms with E-state index in [0.717, 1.165) is 5.52 Å². The average molecular weight is 217 g/mol. The van der Waals surface area contributed by atoms with Crippen LogP contribution in [-0.4, -0.2) is 16.8 Å². The van der Waals surface area contributed by atoms with E-state index in [1.807, 2.05) is 11.7 Å². The molecule has 0 saturated carbocycles. The van der Waals surface area contributed by atoms with Gasteiger partial charge in [0.2, 0.25) is 0 Å². The molecule has 2 aromatic rings. The van der Waals surface area contributed by atoms with E-state index in [1.165, 1.54) is 10.9 Å². The molecule has 16 heavy (non-hydrogen) atoms. The smallest absolute Gasteiger partial charge is 0.0971 e. The van der Waals surface area contributed by atoms with Gasteiger partial charge in [0.1, 0.15) is 0 Å². The van der Waals surface area contributed by atoms with E-state index in [-0.39, 0.29) is 0 Å². The molecule has 0 bridgehead atoms. The molecule has 0 aliphatic rings. The largest absolute Gasteiger partial charge is 0.313 e. The molecule has 0 radical (unpaired) electrons. The fraction of sp³-hybridized carbons (Fsp3) is 0.462. The summed E-state index contributed by atoms with van der Waals surface area (Å²) in [6.07, 6.45) is 2.12. The number of benzene rings is 1. The van der Waals surface area contributed by atoms with Gasteiger partial charge >= 0.3 is 0 Å². The van der Waals surface area contributed by atoms with Crippen molar-refractivity contribution in [1.29, 1.82) is 0 Å². The molecule has 2 rings (SSSR count). The van der Waals surface area contributed by atoms with Crippen molar-refractivity contribution in [3.63, 3.8) is 0 Å². The molecule has 0 saturated heterocycles. The van der Waals surface area contributed by atoms with E-state index in [9.17, 15) is 0 Å². The van der Waals surface area contributed by atoms with E-state index in [0.29, 0.717) is 12.1 Å². The maximum atomic E-state index is 4.66. The Bertz CT molecular complexity index is 485. The van der Waals surface area contributed by atoms with Crippen LogP contribution in [0.15, 0.2) is 24.4 Å². The van der Waals surface area contributed by atoms with E-state index in [1.54, 1.807) is 0 Å². The Hall–Kier alpha value is -1.35. The second kappa shape index (κ2) is 4.26. The second-order valence-electron chi connectivity index (χ2n) is 4.50. The summed E-state index contributed by atoms with van der Waals surface area (Å²) >= 11 is 0. The van der Waals surface area contributed by atoms with Gasteiger partial charge in [-0.3, -0.25) is 4.68 Å². The highest BCUT2D eigenvalue weighted by Crippen LogP contribution is 2.23. The van der Waals surface area contributed by atoms with Crippen molar-refractivity contribution >= 4 is 10.9 Å². The third-order valence-electron chi connectivity index (χ3n) is 3.01. The maximum absolute atomic E-state index is 4.66. The number of hydrogen-bond donors (Lipinski definition) is 1.